The zero-order valence-corrected chi connectivity index (χ0v) is 13.1. The number of rotatable bonds is 4. The molecule has 8 heteroatoms. The van der Waals surface area contributed by atoms with Gasteiger partial charge in [-0.1, -0.05) is 12.1 Å². The van der Waals surface area contributed by atoms with Crippen LogP contribution in [0.3, 0.4) is 0 Å². The van der Waals surface area contributed by atoms with E-state index in [4.69, 9.17) is 0 Å². The Morgan fingerprint density at radius 3 is 2.64 bits per heavy atom. The Labute approximate surface area is 132 Å². The second kappa shape index (κ2) is 6.47. The number of carbonyl (C=O) groups is 1. The molecule has 0 radical (unpaired) electrons. The lowest BCUT2D eigenvalue weighted by Crippen LogP contribution is -2.30. The Morgan fingerprint density at radius 2 is 1.95 bits per heavy atom. The number of aromatic amines is 1. The highest BCUT2D eigenvalue weighted by Gasteiger charge is 2.31. The van der Waals surface area contributed by atoms with Crippen LogP contribution in [0.15, 0.2) is 35.5 Å². The fourth-order valence-electron chi connectivity index (χ4n) is 2.38. The van der Waals surface area contributed by atoms with E-state index in [0.717, 1.165) is 10.6 Å². The van der Waals surface area contributed by atoms with Crippen molar-refractivity contribution in [2.75, 3.05) is 5.32 Å². The van der Waals surface area contributed by atoms with Gasteiger partial charge in [-0.15, -0.1) is 11.8 Å². The van der Waals surface area contributed by atoms with Gasteiger partial charge in [0.2, 0.25) is 5.82 Å². The number of H-pyrrole nitrogens is 1. The quantitative estimate of drug-likeness (QED) is 0.681. The molecule has 1 aromatic carbocycles. The van der Waals surface area contributed by atoms with Gasteiger partial charge >= 0.3 is 0 Å². The van der Waals surface area contributed by atoms with Crippen molar-refractivity contribution in [3.63, 3.8) is 0 Å². The third-order valence-electron chi connectivity index (χ3n) is 3.55. The van der Waals surface area contributed by atoms with E-state index in [2.05, 4.69) is 45.2 Å². The van der Waals surface area contributed by atoms with E-state index in [9.17, 15) is 4.79 Å². The molecule has 1 aliphatic heterocycles. The number of hydrogen-bond donors (Lipinski definition) is 4. The smallest absolute Gasteiger partial charge is 0.293 e. The fourth-order valence-corrected chi connectivity index (χ4v) is 3.62. The van der Waals surface area contributed by atoms with E-state index in [1.807, 2.05) is 24.3 Å². The molecule has 0 spiro atoms. The number of para-hydroxylation sites is 1. The number of nitrogens with zero attached hydrogens (tertiary/aromatic N) is 2. The molecule has 22 heavy (non-hydrogen) atoms. The van der Waals surface area contributed by atoms with Crippen molar-refractivity contribution in [1.82, 2.24) is 26.0 Å². The second-order valence-electron chi connectivity index (χ2n) is 5.23. The molecular formula is C14H18N6OS. The summed E-state index contributed by atoms with van der Waals surface area (Å²) in [4.78, 5) is 17.0. The normalized spacial score (nSPS) is 24.4. The Kier molecular flexibility index (Phi) is 4.41. The zero-order valence-electron chi connectivity index (χ0n) is 12.3. The maximum atomic E-state index is 12.1. The van der Waals surface area contributed by atoms with Gasteiger partial charge in [0, 0.05) is 22.2 Å². The first-order chi connectivity index (χ1) is 10.6. The fraction of sp³-hybridized carbons (Fsp3) is 0.357. The van der Waals surface area contributed by atoms with Gasteiger partial charge in [-0.3, -0.25) is 20.7 Å². The molecule has 4 N–H and O–H groups in total. The SMILES string of the molecule is CC1NNC(C)C1Sc1ccccc1NC(=O)c1ncn[nH]1. The number of benzene rings is 1. The minimum absolute atomic E-state index is 0.200. The molecule has 2 atom stereocenters. The highest BCUT2D eigenvalue weighted by atomic mass is 32.2. The lowest BCUT2D eigenvalue weighted by Gasteiger charge is -2.19. The molecule has 0 saturated carbocycles. The highest BCUT2D eigenvalue weighted by Crippen LogP contribution is 2.34. The van der Waals surface area contributed by atoms with Crippen LogP contribution in [0.2, 0.25) is 0 Å². The lowest BCUT2D eigenvalue weighted by molar-refractivity contribution is 0.101. The molecule has 1 fully saturated rings. The Hall–Kier alpha value is -1.90. The van der Waals surface area contributed by atoms with Crippen LogP contribution in [0, 0.1) is 0 Å². The van der Waals surface area contributed by atoms with E-state index in [0.29, 0.717) is 17.3 Å². The molecule has 2 aromatic rings. The minimum Gasteiger partial charge on any atom is -0.318 e. The average Bonchev–Trinajstić information content (AvgIpc) is 3.14. The molecule has 2 unspecified atom stereocenters. The number of hydrazine groups is 1. The van der Waals surface area contributed by atoms with E-state index in [1.165, 1.54) is 6.33 Å². The van der Waals surface area contributed by atoms with Crippen molar-refractivity contribution in [3.05, 3.63) is 36.4 Å². The first kappa shape index (κ1) is 15.0. The standard InChI is InChI=1S/C14H18N6OS/c1-8-12(9(2)19-18-8)22-11-6-4-3-5-10(11)17-14(21)13-15-7-16-20-13/h3-9,12,18-19H,1-2H3,(H,17,21)(H,15,16,20). The first-order valence-corrected chi connectivity index (χ1v) is 7.96. The van der Waals surface area contributed by atoms with Crippen molar-refractivity contribution in [2.45, 2.75) is 36.1 Å². The molecule has 3 rings (SSSR count). The molecule has 1 aromatic heterocycles. The number of hydrogen-bond acceptors (Lipinski definition) is 6. The predicted molar refractivity (Wildman–Crippen MR) is 85.6 cm³/mol. The molecule has 1 saturated heterocycles. The summed E-state index contributed by atoms with van der Waals surface area (Å²) in [5.74, 6) is -0.0972. The summed E-state index contributed by atoms with van der Waals surface area (Å²) in [5, 5.41) is 9.52. The van der Waals surface area contributed by atoms with Crippen LogP contribution < -0.4 is 16.2 Å². The zero-order chi connectivity index (χ0) is 15.5. The third-order valence-corrected chi connectivity index (χ3v) is 5.25. The first-order valence-electron chi connectivity index (χ1n) is 7.08. The number of anilines is 1. The van der Waals surface area contributed by atoms with Crippen molar-refractivity contribution in [1.29, 1.82) is 0 Å². The highest BCUT2D eigenvalue weighted by molar-refractivity contribution is 8.00. The summed E-state index contributed by atoms with van der Waals surface area (Å²) in [7, 11) is 0. The minimum atomic E-state index is -0.297. The summed E-state index contributed by atoms with van der Waals surface area (Å²) >= 11 is 1.75. The summed E-state index contributed by atoms with van der Waals surface area (Å²) in [6.45, 7) is 4.29. The monoisotopic (exact) mass is 318 g/mol. The molecule has 0 aliphatic carbocycles. The van der Waals surface area contributed by atoms with Gasteiger partial charge in [-0.2, -0.15) is 5.10 Å². The van der Waals surface area contributed by atoms with E-state index < -0.39 is 0 Å². The summed E-state index contributed by atoms with van der Waals surface area (Å²) in [6, 6.07) is 8.46. The number of nitrogens with one attached hydrogen (secondary N) is 4. The number of aromatic nitrogens is 3. The van der Waals surface area contributed by atoms with Crippen LogP contribution in [0.4, 0.5) is 5.69 Å². The van der Waals surface area contributed by atoms with Gasteiger partial charge in [-0.25, -0.2) is 4.98 Å². The largest absolute Gasteiger partial charge is 0.318 e. The van der Waals surface area contributed by atoms with Gasteiger partial charge in [0.1, 0.15) is 6.33 Å². The molecule has 1 aliphatic rings. The van der Waals surface area contributed by atoms with Gasteiger partial charge < -0.3 is 5.32 Å². The average molecular weight is 318 g/mol. The Morgan fingerprint density at radius 1 is 1.23 bits per heavy atom. The van der Waals surface area contributed by atoms with E-state index >= 15 is 0 Å². The van der Waals surface area contributed by atoms with Crippen molar-refractivity contribution in [3.8, 4) is 0 Å². The molecular weight excluding hydrogens is 300 g/mol. The lowest BCUT2D eigenvalue weighted by atomic mass is 10.2. The Bertz CT molecular complexity index is 637. The molecule has 2 heterocycles. The summed E-state index contributed by atoms with van der Waals surface area (Å²) in [5.41, 5.74) is 7.26. The second-order valence-corrected chi connectivity index (χ2v) is 6.45. The van der Waals surface area contributed by atoms with Crippen LogP contribution in [0.5, 0.6) is 0 Å². The molecule has 116 valence electrons. The third kappa shape index (κ3) is 3.13. The number of carbonyl (C=O) groups excluding carboxylic acids is 1. The Balaban J connectivity index is 1.77. The molecule has 0 bridgehead atoms. The van der Waals surface area contributed by atoms with Crippen LogP contribution in [0.25, 0.3) is 0 Å². The predicted octanol–water partition coefficient (Wildman–Crippen LogP) is 1.40. The molecule has 1 amide bonds. The van der Waals surface area contributed by atoms with Gasteiger partial charge in [0.25, 0.3) is 5.91 Å². The maximum Gasteiger partial charge on any atom is 0.293 e. The van der Waals surface area contributed by atoms with Crippen LogP contribution in [0.1, 0.15) is 24.5 Å². The summed E-state index contributed by atoms with van der Waals surface area (Å²) < 4.78 is 0. The van der Waals surface area contributed by atoms with Crippen LogP contribution in [-0.2, 0) is 0 Å². The van der Waals surface area contributed by atoms with Crippen molar-refractivity contribution in [2.24, 2.45) is 0 Å². The maximum absolute atomic E-state index is 12.1. The molecule has 7 nitrogen and oxygen atoms in total. The topological polar surface area (TPSA) is 94.7 Å². The van der Waals surface area contributed by atoms with E-state index in [1.54, 1.807) is 11.8 Å². The number of amides is 1. The van der Waals surface area contributed by atoms with Gasteiger partial charge in [-0.05, 0) is 26.0 Å². The van der Waals surface area contributed by atoms with Crippen molar-refractivity contribution >= 4 is 23.4 Å². The van der Waals surface area contributed by atoms with E-state index in [-0.39, 0.29) is 11.7 Å². The van der Waals surface area contributed by atoms with Crippen LogP contribution >= 0.6 is 11.8 Å². The van der Waals surface area contributed by atoms with Crippen molar-refractivity contribution < 1.29 is 4.79 Å². The van der Waals surface area contributed by atoms with Gasteiger partial charge in [0.05, 0.1) is 5.69 Å². The van der Waals surface area contributed by atoms with Crippen LogP contribution in [-0.4, -0.2) is 38.4 Å². The summed E-state index contributed by atoms with van der Waals surface area (Å²) in [6.07, 6.45) is 1.31. The number of thioether (sulfide) groups is 1. The van der Waals surface area contributed by atoms with Gasteiger partial charge in [0.15, 0.2) is 0 Å².